The lowest BCUT2D eigenvalue weighted by atomic mass is 10.1. The van der Waals surface area contributed by atoms with Crippen molar-refractivity contribution in [3.05, 3.63) is 65.2 Å². The van der Waals surface area contributed by atoms with E-state index >= 15 is 0 Å². The van der Waals surface area contributed by atoms with Crippen molar-refractivity contribution in [1.82, 2.24) is 4.90 Å². The summed E-state index contributed by atoms with van der Waals surface area (Å²) in [5, 5.41) is 2.82. The Bertz CT molecular complexity index is 693. The van der Waals surface area contributed by atoms with Crippen LogP contribution in [0.25, 0.3) is 0 Å². The second-order valence-corrected chi connectivity index (χ2v) is 5.72. The summed E-state index contributed by atoms with van der Waals surface area (Å²) in [5.41, 5.74) is 4.02. The minimum absolute atomic E-state index is 0.0392. The van der Waals surface area contributed by atoms with Crippen LogP contribution in [0, 0.1) is 13.8 Å². The predicted octanol–water partition coefficient (Wildman–Crippen LogP) is 3.29. The van der Waals surface area contributed by atoms with E-state index in [1.807, 2.05) is 62.4 Å². The van der Waals surface area contributed by atoms with Crippen LogP contribution in [-0.2, 0) is 16.1 Å². The molecule has 0 aliphatic heterocycles. The van der Waals surface area contributed by atoms with Gasteiger partial charge in [-0.2, -0.15) is 0 Å². The van der Waals surface area contributed by atoms with E-state index in [1.165, 1.54) is 6.92 Å². The van der Waals surface area contributed by atoms with Gasteiger partial charge in [0.1, 0.15) is 6.54 Å². The van der Waals surface area contributed by atoms with E-state index in [0.717, 1.165) is 22.4 Å². The largest absolute Gasteiger partial charge is 0.329 e. The molecular formula is C19H22N2O2. The van der Waals surface area contributed by atoms with Crippen molar-refractivity contribution in [2.75, 3.05) is 11.9 Å². The third kappa shape index (κ3) is 4.95. The molecule has 0 aromatic heterocycles. The molecule has 2 aromatic carbocycles. The van der Waals surface area contributed by atoms with Crippen LogP contribution in [0.3, 0.4) is 0 Å². The molecule has 0 fully saturated rings. The minimum atomic E-state index is -0.197. The molecule has 0 spiro atoms. The molecule has 4 nitrogen and oxygen atoms in total. The Morgan fingerprint density at radius 3 is 2.26 bits per heavy atom. The lowest BCUT2D eigenvalue weighted by Crippen LogP contribution is -2.36. The van der Waals surface area contributed by atoms with Crippen LogP contribution in [-0.4, -0.2) is 23.3 Å². The summed E-state index contributed by atoms with van der Waals surface area (Å²) in [7, 11) is 0. The Morgan fingerprint density at radius 1 is 1.00 bits per heavy atom. The van der Waals surface area contributed by atoms with Gasteiger partial charge in [0.05, 0.1) is 0 Å². The minimum Gasteiger partial charge on any atom is -0.329 e. The average Bonchev–Trinajstić information content (AvgIpc) is 2.51. The fraction of sp³-hybridized carbons (Fsp3) is 0.263. The number of aryl methyl sites for hydroxylation is 2. The Balaban J connectivity index is 2.01. The van der Waals surface area contributed by atoms with Gasteiger partial charge in [-0.05, 0) is 37.1 Å². The topological polar surface area (TPSA) is 49.4 Å². The van der Waals surface area contributed by atoms with Crippen LogP contribution in [0.2, 0.25) is 0 Å². The first-order valence-corrected chi connectivity index (χ1v) is 7.62. The molecule has 2 amide bonds. The van der Waals surface area contributed by atoms with E-state index in [9.17, 15) is 9.59 Å². The van der Waals surface area contributed by atoms with Crippen molar-refractivity contribution in [2.45, 2.75) is 27.3 Å². The smallest absolute Gasteiger partial charge is 0.244 e. The van der Waals surface area contributed by atoms with Crippen LogP contribution in [0.15, 0.2) is 48.5 Å². The highest BCUT2D eigenvalue weighted by Crippen LogP contribution is 2.12. The molecule has 0 bridgehead atoms. The summed E-state index contributed by atoms with van der Waals surface area (Å²) in [6.07, 6.45) is 0. The number of amides is 2. The summed E-state index contributed by atoms with van der Waals surface area (Å²) < 4.78 is 0. The first kappa shape index (κ1) is 16.7. The first-order chi connectivity index (χ1) is 11.0. The molecular weight excluding hydrogens is 288 g/mol. The fourth-order valence-corrected chi connectivity index (χ4v) is 2.28. The molecule has 0 aliphatic carbocycles. The number of hydrogen-bond acceptors (Lipinski definition) is 2. The van der Waals surface area contributed by atoms with E-state index in [-0.39, 0.29) is 18.4 Å². The van der Waals surface area contributed by atoms with E-state index in [4.69, 9.17) is 0 Å². The number of anilines is 1. The lowest BCUT2D eigenvalue weighted by molar-refractivity contribution is -0.133. The normalized spacial score (nSPS) is 10.2. The van der Waals surface area contributed by atoms with Crippen LogP contribution in [0.1, 0.15) is 23.6 Å². The van der Waals surface area contributed by atoms with Gasteiger partial charge in [0.25, 0.3) is 0 Å². The molecule has 120 valence electrons. The van der Waals surface area contributed by atoms with E-state index in [0.29, 0.717) is 6.54 Å². The molecule has 2 rings (SSSR count). The highest BCUT2D eigenvalue weighted by Gasteiger charge is 2.15. The van der Waals surface area contributed by atoms with Gasteiger partial charge in [-0.25, -0.2) is 0 Å². The highest BCUT2D eigenvalue weighted by molar-refractivity contribution is 5.94. The maximum absolute atomic E-state index is 12.2. The summed E-state index contributed by atoms with van der Waals surface area (Å²) >= 11 is 0. The van der Waals surface area contributed by atoms with Crippen LogP contribution in [0.5, 0.6) is 0 Å². The number of hydrogen-bond donors (Lipinski definition) is 1. The Morgan fingerprint density at radius 2 is 1.65 bits per heavy atom. The van der Waals surface area contributed by atoms with E-state index < -0.39 is 0 Å². The molecule has 0 atom stereocenters. The second kappa shape index (κ2) is 7.58. The maximum atomic E-state index is 12.2. The maximum Gasteiger partial charge on any atom is 0.244 e. The average molecular weight is 310 g/mol. The number of benzene rings is 2. The number of nitrogens with zero attached hydrogens (tertiary/aromatic N) is 1. The van der Waals surface area contributed by atoms with E-state index in [1.54, 1.807) is 4.90 Å². The Hall–Kier alpha value is -2.62. The van der Waals surface area contributed by atoms with Crippen molar-refractivity contribution in [3.63, 3.8) is 0 Å². The molecule has 0 saturated heterocycles. The number of rotatable bonds is 5. The molecule has 4 heteroatoms. The summed E-state index contributed by atoms with van der Waals surface area (Å²) in [6, 6.07) is 15.5. The van der Waals surface area contributed by atoms with Gasteiger partial charge >= 0.3 is 0 Å². The predicted molar refractivity (Wildman–Crippen MR) is 92.1 cm³/mol. The quantitative estimate of drug-likeness (QED) is 0.921. The van der Waals surface area contributed by atoms with Crippen molar-refractivity contribution in [2.24, 2.45) is 0 Å². The van der Waals surface area contributed by atoms with Gasteiger partial charge in [-0.15, -0.1) is 0 Å². The summed E-state index contributed by atoms with van der Waals surface area (Å²) in [5.74, 6) is -0.315. The standard InChI is InChI=1S/C19H22N2O2/c1-14-8-10-18(11-9-14)20-19(23)13-21(16(3)22)12-17-7-5-4-6-15(17)2/h4-11H,12-13H2,1-3H3,(H,20,23). The van der Waals surface area contributed by atoms with Crippen LogP contribution < -0.4 is 5.32 Å². The van der Waals surface area contributed by atoms with Gasteiger partial charge in [0.15, 0.2) is 0 Å². The first-order valence-electron chi connectivity index (χ1n) is 7.62. The molecule has 1 N–H and O–H groups in total. The van der Waals surface area contributed by atoms with Crippen molar-refractivity contribution in [3.8, 4) is 0 Å². The van der Waals surface area contributed by atoms with Gasteiger partial charge in [-0.3, -0.25) is 9.59 Å². The van der Waals surface area contributed by atoms with Gasteiger partial charge in [-0.1, -0.05) is 42.0 Å². The lowest BCUT2D eigenvalue weighted by Gasteiger charge is -2.21. The zero-order valence-electron chi connectivity index (χ0n) is 13.8. The number of nitrogens with one attached hydrogen (secondary N) is 1. The number of carbonyl (C=O) groups is 2. The van der Waals surface area contributed by atoms with Crippen molar-refractivity contribution >= 4 is 17.5 Å². The second-order valence-electron chi connectivity index (χ2n) is 5.72. The fourth-order valence-electron chi connectivity index (χ4n) is 2.28. The third-order valence-corrected chi connectivity index (χ3v) is 3.74. The third-order valence-electron chi connectivity index (χ3n) is 3.74. The zero-order valence-corrected chi connectivity index (χ0v) is 13.8. The molecule has 0 saturated carbocycles. The van der Waals surface area contributed by atoms with Crippen molar-refractivity contribution in [1.29, 1.82) is 0 Å². The Kier molecular flexibility index (Phi) is 5.52. The van der Waals surface area contributed by atoms with Crippen molar-refractivity contribution < 1.29 is 9.59 Å². The molecule has 0 aliphatic rings. The molecule has 0 heterocycles. The van der Waals surface area contributed by atoms with Crippen LogP contribution in [0.4, 0.5) is 5.69 Å². The Labute approximate surface area is 137 Å². The zero-order chi connectivity index (χ0) is 16.8. The van der Waals surface area contributed by atoms with Gasteiger partial charge < -0.3 is 10.2 Å². The molecule has 23 heavy (non-hydrogen) atoms. The monoisotopic (exact) mass is 310 g/mol. The molecule has 2 aromatic rings. The number of carbonyl (C=O) groups excluding carboxylic acids is 2. The van der Waals surface area contributed by atoms with E-state index in [2.05, 4.69) is 5.32 Å². The highest BCUT2D eigenvalue weighted by atomic mass is 16.2. The molecule has 0 unspecified atom stereocenters. The molecule has 0 radical (unpaired) electrons. The van der Waals surface area contributed by atoms with Gasteiger partial charge in [0.2, 0.25) is 11.8 Å². The summed E-state index contributed by atoms with van der Waals surface area (Å²) in [4.78, 5) is 25.6. The SMILES string of the molecule is CC(=O)N(CC(=O)Nc1ccc(C)cc1)Cc1ccccc1C. The van der Waals surface area contributed by atoms with Gasteiger partial charge in [0, 0.05) is 19.2 Å². The summed E-state index contributed by atoms with van der Waals surface area (Å²) in [6.45, 7) is 5.95. The van der Waals surface area contributed by atoms with Crippen LogP contribution >= 0.6 is 0 Å².